The monoisotopic (exact) mass is 340 g/mol. The minimum absolute atomic E-state index is 0.0780. The second-order valence-electron chi connectivity index (χ2n) is 6.19. The number of hydrogen-bond acceptors (Lipinski definition) is 3. The lowest BCUT2D eigenvalue weighted by Crippen LogP contribution is -2.23. The Morgan fingerprint density at radius 1 is 1.41 bits per heavy atom. The van der Waals surface area contributed by atoms with Crippen molar-refractivity contribution in [1.82, 2.24) is 0 Å². The van der Waals surface area contributed by atoms with E-state index in [1.54, 1.807) is 0 Å². The largest absolute Gasteiger partial charge is 0.488 e. The minimum atomic E-state index is -0.743. The van der Waals surface area contributed by atoms with E-state index in [9.17, 15) is 4.79 Å². The standard InChI is InChI=1S/C17H21ClO3S/c18-15-8-12(14(9-17(19)20)11-3-4-11)5-6-16(15)21-13-2-1-7-22-10-13/h5-6,8,11,13-14H,1-4,7,9-10H2,(H,19,20). The van der Waals surface area contributed by atoms with E-state index in [4.69, 9.17) is 21.4 Å². The van der Waals surface area contributed by atoms with Gasteiger partial charge in [0.2, 0.25) is 0 Å². The normalized spacial score (nSPS) is 23.0. The average molecular weight is 341 g/mol. The molecule has 1 heterocycles. The zero-order valence-corrected chi connectivity index (χ0v) is 14.0. The molecule has 22 heavy (non-hydrogen) atoms. The Morgan fingerprint density at radius 3 is 2.82 bits per heavy atom. The Labute approximate surface area is 140 Å². The molecule has 0 aromatic heterocycles. The van der Waals surface area contributed by atoms with E-state index < -0.39 is 5.97 Å². The summed E-state index contributed by atoms with van der Waals surface area (Å²) >= 11 is 8.30. The molecule has 1 aromatic rings. The molecule has 0 amide bonds. The second kappa shape index (κ2) is 7.14. The van der Waals surface area contributed by atoms with E-state index in [1.807, 2.05) is 30.0 Å². The van der Waals surface area contributed by atoms with E-state index in [2.05, 4.69) is 0 Å². The molecule has 1 N–H and O–H groups in total. The fraction of sp³-hybridized carbons (Fsp3) is 0.588. The van der Waals surface area contributed by atoms with Gasteiger partial charge < -0.3 is 9.84 Å². The Balaban J connectivity index is 1.71. The number of ether oxygens (including phenoxy) is 1. The molecule has 120 valence electrons. The third kappa shape index (κ3) is 4.11. The highest BCUT2D eigenvalue weighted by Gasteiger charge is 2.34. The molecule has 2 unspecified atom stereocenters. The van der Waals surface area contributed by atoms with Crippen molar-refractivity contribution < 1.29 is 14.6 Å². The van der Waals surface area contributed by atoms with Gasteiger partial charge in [-0.25, -0.2) is 0 Å². The summed E-state index contributed by atoms with van der Waals surface area (Å²) in [6.45, 7) is 0. The van der Waals surface area contributed by atoms with Gasteiger partial charge >= 0.3 is 5.97 Å². The zero-order valence-electron chi connectivity index (χ0n) is 12.5. The van der Waals surface area contributed by atoms with E-state index in [-0.39, 0.29) is 18.4 Å². The molecular weight excluding hydrogens is 320 g/mol. The Bertz CT molecular complexity index is 539. The maximum Gasteiger partial charge on any atom is 0.303 e. The summed E-state index contributed by atoms with van der Waals surface area (Å²) in [7, 11) is 0. The Kier molecular flexibility index (Phi) is 5.19. The van der Waals surface area contributed by atoms with Crippen molar-refractivity contribution in [2.24, 2.45) is 5.92 Å². The van der Waals surface area contributed by atoms with E-state index in [0.29, 0.717) is 10.9 Å². The maximum atomic E-state index is 11.1. The van der Waals surface area contributed by atoms with Crippen molar-refractivity contribution in [2.75, 3.05) is 11.5 Å². The van der Waals surface area contributed by atoms with Crippen LogP contribution in [0, 0.1) is 5.92 Å². The van der Waals surface area contributed by atoms with Crippen LogP contribution in [0.2, 0.25) is 5.02 Å². The van der Waals surface area contributed by atoms with Gasteiger partial charge in [-0.1, -0.05) is 17.7 Å². The van der Waals surface area contributed by atoms with Crippen LogP contribution in [0.15, 0.2) is 18.2 Å². The number of carboxylic acids is 1. The van der Waals surface area contributed by atoms with Crippen LogP contribution in [0.5, 0.6) is 5.75 Å². The highest BCUT2D eigenvalue weighted by Crippen LogP contribution is 2.45. The SMILES string of the molecule is O=C(O)CC(c1ccc(OC2CCCSC2)c(Cl)c1)C1CC1. The average Bonchev–Trinajstić information content (AvgIpc) is 3.32. The van der Waals surface area contributed by atoms with Crippen molar-refractivity contribution >= 4 is 29.3 Å². The predicted molar refractivity (Wildman–Crippen MR) is 90.1 cm³/mol. The highest BCUT2D eigenvalue weighted by molar-refractivity contribution is 7.99. The predicted octanol–water partition coefficient (Wildman–Crippen LogP) is 4.58. The van der Waals surface area contributed by atoms with Crippen LogP contribution in [0.1, 0.15) is 43.6 Å². The lowest BCUT2D eigenvalue weighted by atomic mass is 9.91. The summed E-state index contributed by atoms with van der Waals surface area (Å²) in [6, 6.07) is 5.80. The maximum absolute atomic E-state index is 11.1. The number of hydrogen-bond donors (Lipinski definition) is 1. The second-order valence-corrected chi connectivity index (χ2v) is 7.75. The molecule has 2 aliphatic rings. The molecule has 1 saturated carbocycles. The van der Waals surface area contributed by atoms with Crippen LogP contribution in [0.3, 0.4) is 0 Å². The number of benzene rings is 1. The van der Waals surface area contributed by atoms with Crippen molar-refractivity contribution in [1.29, 1.82) is 0 Å². The lowest BCUT2D eigenvalue weighted by molar-refractivity contribution is -0.137. The fourth-order valence-electron chi connectivity index (χ4n) is 3.07. The molecule has 1 aliphatic heterocycles. The zero-order chi connectivity index (χ0) is 15.5. The summed E-state index contributed by atoms with van der Waals surface area (Å²) in [6.07, 6.45) is 4.92. The van der Waals surface area contributed by atoms with Gasteiger partial charge in [0.15, 0.2) is 0 Å². The molecule has 1 aliphatic carbocycles. The summed E-state index contributed by atoms with van der Waals surface area (Å²) < 4.78 is 6.01. The molecule has 1 aromatic carbocycles. The first-order chi connectivity index (χ1) is 10.6. The topological polar surface area (TPSA) is 46.5 Å². The van der Waals surface area contributed by atoms with Gasteiger partial charge in [-0.15, -0.1) is 0 Å². The quantitative estimate of drug-likeness (QED) is 0.823. The van der Waals surface area contributed by atoms with Gasteiger partial charge in [-0.2, -0.15) is 11.8 Å². The number of thioether (sulfide) groups is 1. The Hall–Kier alpha value is -0.870. The van der Waals surface area contributed by atoms with Gasteiger partial charge in [-0.3, -0.25) is 4.79 Å². The molecular formula is C17H21ClO3S. The molecule has 3 nitrogen and oxygen atoms in total. The number of halogens is 1. The summed E-state index contributed by atoms with van der Waals surface area (Å²) in [5.41, 5.74) is 1.03. The fourth-order valence-corrected chi connectivity index (χ4v) is 4.34. The van der Waals surface area contributed by atoms with Gasteiger partial charge in [0.1, 0.15) is 11.9 Å². The molecule has 2 atom stereocenters. The molecule has 3 rings (SSSR count). The first-order valence-electron chi connectivity index (χ1n) is 7.89. The van der Waals surface area contributed by atoms with Gasteiger partial charge in [-0.05, 0) is 61.0 Å². The summed E-state index contributed by atoms with van der Waals surface area (Å²) in [5.74, 6) is 2.78. The number of rotatable bonds is 6. The highest BCUT2D eigenvalue weighted by atomic mass is 35.5. The van der Waals surface area contributed by atoms with Crippen molar-refractivity contribution in [3.63, 3.8) is 0 Å². The van der Waals surface area contributed by atoms with Crippen LogP contribution in [0.25, 0.3) is 0 Å². The van der Waals surface area contributed by atoms with Crippen LogP contribution in [0.4, 0.5) is 0 Å². The lowest BCUT2D eigenvalue weighted by Gasteiger charge is -2.24. The van der Waals surface area contributed by atoms with E-state index in [0.717, 1.165) is 36.3 Å². The van der Waals surface area contributed by atoms with Crippen LogP contribution < -0.4 is 4.74 Å². The van der Waals surface area contributed by atoms with Crippen molar-refractivity contribution in [2.45, 2.75) is 44.1 Å². The van der Waals surface area contributed by atoms with E-state index in [1.165, 1.54) is 12.2 Å². The summed E-state index contributed by atoms with van der Waals surface area (Å²) in [5, 5.41) is 9.70. The molecule has 1 saturated heterocycles. The number of carboxylic acid groups (broad SMARTS) is 1. The van der Waals surface area contributed by atoms with Gasteiger partial charge in [0.05, 0.1) is 11.4 Å². The smallest absolute Gasteiger partial charge is 0.303 e. The Morgan fingerprint density at radius 2 is 2.23 bits per heavy atom. The molecule has 0 bridgehead atoms. The number of carbonyl (C=O) groups is 1. The molecule has 0 radical (unpaired) electrons. The third-order valence-electron chi connectivity index (χ3n) is 4.38. The van der Waals surface area contributed by atoms with Gasteiger partial charge in [0.25, 0.3) is 0 Å². The van der Waals surface area contributed by atoms with Crippen molar-refractivity contribution in [3.05, 3.63) is 28.8 Å². The van der Waals surface area contributed by atoms with E-state index >= 15 is 0 Å². The van der Waals surface area contributed by atoms with Crippen molar-refractivity contribution in [3.8, 4) is 5.75 Å². The number of aliphatic carboxylic acids is 1. The van der Waals surface area contributed by atoms with Gasteiger partial charge in [0, 0.05) is 5.75 Å². The first-order valence-corrected chi connectivity index (χ1v) is 9.42. The van der Waals surface area contributed by atoms with Crippen LogP contribution >= 0.6 is 23.4 Å². The minimum Gasteiger partial charge on any atom is -0.488 e. The first kappa shape index (κ1) is 16.0. The molecule has 2 fully saturated rings. The summed E-state index contributed by atoms with van der Waals surface area (Å²) in [4.78, 5) is 11.1. The van der Waals surface area contributed by atoms with Crippen LogP contribution in [-0.4, -0.2) is 28.7 Å². The molecule has 0 spiro atoms. The van der Waals surface area contributed by atoms with Crippen LogP contribution in [-0.2, 0) is 4.79 Å². The third-order valence-corrected chi connectivity index (χ3v) is 5.86. The molecule has 5 heteroatoms.